The van der Waals surface area contributed by atoms with Gasteiger partial charge in [0, 0.05) is 4.57 Å². The van der Waals surface area contributed by atoms with Crippen LogP contribution in [0, 0.1) is 0 Å². The molecule has 0 amide bonds. The van der Waals surface area contributed by atoms with Crippen molar-refractivity contribution in [2.75, 3.05) is 13.3 Å². The Balaban J connectivity index is 2.85. The number of hydrogen-bond acceptors (Lipinski definition) is 2. The first-order valence-corrected chi connectivity index (χ1v) is 4.75. The zero-order valence-corrected chi connectivity index (χ0v) is 7.23. The molecule has 0 aromatic rings. The third kappa shape index (κ3) is 9.95. The van der Waals surface area contributed by atoms with Crippen molar-refractivity contribution in [3.8, 4) is 0 Å². The Morgan fingerprint density at radius 3 is 2.45 bits per heavy atom. The summed E-state index contributed by atoms with van der Waals surface area (Å²) in [6.45, 7) is 0.00705. The third-order valence-electron chi connectivity index (χ3n) is 1.23. The van der Waals surface area contributed by atoms with Gasteiger partial charge in [0.1, 0.15) is 6.61 Å². The minimum Gasteiger partial charge on any atom is -0.251 e. The molecule has 0 radical (unpaired) electrons. The van der Waals surface area contributed by atoms with E-state index in [0.29, 0.717) is 6.42 Å². The molecule has 0 spiro atoms. The lowest BCUT2D eigenvalue weighted by atomic mass is 10.2. The molecule has 1 N–H and O–H groups in total. The van der Waals surface area contributed by atoms with Crippen LogP contribution in [-0.2, 0) is 9.09 Å². The molecule has 0 heterocycles. The first-order valence-electron chi connectivity index (χ1n) is 3.62. The quantitative estimate of drug-likeness (QED) is 0.486. The normalized spacial score (nSPS) is 11.6. The Morgan fingerprint density at radius 2 is 1.91 bits per heavy atom. The van der Waals surface area contributed by atoms with Crippen LogP contribution < -0.4 is 0 Å². The van der Waals surface area contributed by atoms with Gasteiger partial charge in [-0.2, -0.15) is 0 Å². The maximum absolute atomic E-state index is 11.5. The zero-order chi connectivity index (χ0) is 8.53. The molecule has 66 valence electrons. The summed E-state index contributed by atoms with van der Waals surface area (Å²) in [7, 11) is -2.45. The summed E-state index contributed by atoms with van der Waals surface area (Å²) in [5.74, 6) is 0. The Morgan fingerprint density at radius 1 is 1.27 bits per heavy atom. The minimum atomic E-state index is -2.45. The molecule has 0 aliphatic heterocycles. The van der Waals surface area contributed by atoms with Gasteiger partial charge in [0.2, 0.25) is 0 Å². The Bertz CT molecular complexity index is 110. The van der Waals surface area contributed by atoms with Crippen LogP contribution >= 0.6 is 8.25 Å². The lowest BCUT2D eigenvalue weighted by molar-refractivity contribution is 0.273. The van der Waals surface area contributed by atoms with Gasteiger partial charge in [-0.25, -0.2) is 0 Å². The molecule has 0 bridgehead atoms. The van der Waals surface area contributed by atoms with Gasteiger partial charge in [0.15, 0.2) is 0 Å². The summed E-state index contributed by atoms with van der Waals surface area (Å²) in [4.78, 5) is 8.18. The van der Waals surface area contributed by atoms with Crippen LogP contribution in [0.1, 0.15) is 25.7 Å². The molecule has 0 aromatic heterocycles. The van der Waals surface area contributed by atoms with Crippen molar-refractivity contribution in [3.05, 3.63) is 0 Å². The predicted octanol–water partition coefficient (Wildman–Crippen LogP) is 2.18. The van der Waals surface area contributed by atoms with E-state index in [1.54, 1.807) is 0 Å². The fourth-order valence-corrected chi connectivity index (χ4v) is 0.978. The van der Waals surface area contributed by atoms with E-state index in [1.165, 1.54) is 0 Å². The highest BCUT2D eigenvalue weighted by Gasteiger charge is 2.09. The molecule has 0 aliphatic rings. The number of hydrogen-bond donors (Lipinski definition) is 1. The summed E-state index contributed by atoms with van der Waals surface area (Å²) < 4.78 is 25.9. The second-order valence-corrected chi connectivity index (χ2v) is 2.91. The summed E-state index contributed by atoms with van der Waals surface area (Å²) >= 11 is 0. The average Bonchev–Trinajstić information content (AvgIpc) is 1.96. The highest BCUT2D eigenvalue weighted by molar-refractivity contribution is 7.32. The smallest absolute Gasteiger partial charge is 0.251 e. The van der Waals surface area contributed by atoms with E-state index in [0.717, 1.165) is 19.3 Å². The number of unbranched alkanes of at least 4 members (excludes halogenated alkanes) is 3. The van der Waals surface area contributed by atoms with Crippen LogP contribution in [0.4, 0.5) is 4.39 Å². The second-order valence-electron chi connectivity index (χ2n) is 2.17. The maximum Gasteiger partial charge on any atom is 0.694 e. The molecular weight excluding hydrogens is 170 g/mol. The van der Waals surface area contributed by atoms with Crippen molar-refractivity contribution >= 4 is 8.25 Å². The summed E-state index contributed by atoms with van der Waals surface area (Å²) in [6.07, 6.45) is 2.97. The van der Waals surface area contributed by atoms with Crippen LogP contribution in [0.2, 0.25) is 0 Å². The lowest BCUT2D eigenvalue weighted by Crippen LogP contribution is -1.87. The Hall–Kier alpha value is -0.0500. The summed E-state index contributed by atoms with van der Waals surface area (Å²) in [5.41, 5.74) is 0. The van der Waals surface area contributed by atoms with E-state index in [2.05, 4.69) is 4.52 Å². The standard InChI is InChI=1S/C6H12FO3P/c7-5-3-1-2-4-6-10-11(8)9/h1-6H2/p+1. The van der Waals surface area contributed by atoms with Crippen LogP contribution in [-0.4, -0.2) is 18.2 Å². The van der Waals surface area contributed by atoms with Crippen molar-refractivity contribution in [2.45, 2.75) is 25.7 Å². The van der Waals surface area contributed by atoms with E-state index in [9.17, 15) is 8.96 Å². The predicted molar refractivity (Wildman–Crippen MR) is 40.2 cm³/mol. The minimum absolute atomic E-state index is 0.283. The second kappa shape index (κ2) is 8.05. The third-order valence-corrected chi connectivity index (χ3v) is 1.63. The van der Waals surface area contributed by atoms with Crippen LogP contribution in [0.5, 0.6) is 0 Å². The molecule has 0 aromatic carbocycles. The van der Waals surface area contributed by atoms with Crippen molar-refractivity contribution in [1.29, 1.82) is 0 Å². The van der Waals surface area contributed by atoms with Crippen LogP contribution in [0.15, 0.2) is 0 Å². The van der Waals surface area contributed by atoms with E-state index < -0.39 is 8.25 Å². The fraction of sp³-hybridized carbons (Fsp3) is 1.00. The molecule has 11 heavy (non-hydrogen) atoms. The molecule has 0 rings (SSSR count). The fourth-order valence-electron chi connectivity index (χ4n) is 0.693. The van der Waals surface area contributed by atoms with Crippen molar-refractivity contribution < 1.29 is 18.4 Å². The molecule has 5 heteroatoms. The molecule has 0 saturated heterocycles. The topological polar surface area (TPSA) is 46.5 Å². The zero-order valence-electron chi connectivity index (χ0n) is 6.33. The molecule has 3 nitrogen and oxygen atoms in total. The van der Waals surface area contributed by atoms with Gasteiger partial charge in [-0.1, -0.05) is 12.8 Å². The number of halogens is 1. The van der Waals surface area contributed by atoms with Gasteiger partial charge < -0.3 is 0 Å². The monoisotopic (exact) mass is 183 g/mol. The first-order chi connectivity index (χ1) is 5.27. The highest BCUT2D eigenvalue weighted by Crippen LogP contribution is 2.15. The summed E-state index contributed by atoms with van der Waals surface area (Å²) in [6, 6.07) is 0. The summed E-state index contributed by atoms with van der Waals surface area (Å²) in [5, 5.41) is 0. The first kappa shape index (κ1) is 11.0. The van der Waals surface area contributed by atoms with Crippen molar-refractivity contribution in [2.24, 2.45) is 0 Å². The van der Waals surface area contributed by atoms with Gasteiger partial charge in [0.05, 0.1) is 6.67 Å². The molecule has 0 saturated carbocycles. The van der Waals surface area contributed by atoms with Gasteiger partial charge in [0.25, 0.3) is 0 Å². The average molecular weight is 183 g/mol. The molecule has 1 unspecified atom stereocenters. The number of alkyl halides is 1. The molecular formula is C6H13FO3P+. The Labute approximate surface area is 66.5 Å². The number of rotatable bonds is 7. The van der Waals surface area contributed by atoms with Crippen molar-refractivity contribution in [3.63, 3.8) is 0 Å². The molecule has 0 fully saturated rings. The van der Waals surface area contributed by atoms with E-state index in [4.69, 9.17) is 4.89 Å². The van der Waals surface area contributed by atoms with Gasteiger partial charge in [-0.3, -0.25) is 4.39 Å². The van der Waals surface area contributed by atoms with E-state index >= 15 is 0 Å². The largest absolute Gasteiger partial charge is 0.694 e. The van der Waals surface area contributed by atoms with Crippen LogP contribution in [0.25, 0.3) is 0 Å². The van der Waals surface area contributed by atoms with Gasteiger partial charge >= 0.3 is 8.25 Å². The lowest BCUT2D eigenvalue weighted by Gasteiger charge is -1.93. The Kier molecular flexibility index (Phi) is 8.01. The van der Waals surface area contributed by atoms with Crippen LogP contribution in [0.3, 0.4) is 0 Å². The molecule has 1 atom stereocenters. The SMILES string of the molecule is O=[P+](O)OCCCCCCF. The van der Waals surface area contributed by atoms with E-state index in [-0.39, 0.29) is 13.3 Å². The molecule has 0 aliphatic carbocycles. The van der Waals surface area contributed by atoms with Gasteiger partial charge in [-0.05, 0) is 12.8 Å². The van der Waals surface area contributed by atoms with Gasteiger partial charge in [-0.15, -0.1) is 9.42 Å². The highest BCUT2D eigenvalue weighted by atomic mass is 31.1. The van der Waals surface area contributed by atoms with Crippen molar-refractivity contribution in [1.82, 2.24) is 0 Å². The maximum atomic E-state index is 11.5. The van der Waals surface area contributed by atoms with E-state index in [1.807, 2.05) is 0 Å².